The van der Waals surface area contributed by atoms with Crippen LogP contribution in [0, 0.1) is 11.8 Å². The van der Waals surface area contributed by atoms with E-state index in [2.05, 4.69) is 222 Å². The van der Waals surface area contributed by atoms with Gasteiger partial charge in [-0.05, 0) is 0 Å². The second-order valence-corrected chi connectivity index (χ2v) is 53.1. The Labute approximate surface area is 439 Å². The van der Waals surface area contributed by atoms with Crippen LogP contribution >= 0.6 is 24.8 Å². The Morgan fingerprint density at radius 3 is 0.944 bits per heavy atom. The zero-order valence-electron chi connectivity index (χ0n) is 41.2. The van der Waals surface area contributed by atoms with E-state index in [4.69, 9.17) is 0 Å². The fraction of sp³-hybridized carbons (Fsp3) is 0.176. The molecule has 0 saturated heterocycles. The van der Waals surface area contributed by atoms with Crippen LogP contribution in [0.4, 0.5) is 0 Å². The molecule has 0 N–H and O–H groups in total. The number of rotatable bonds is 10. The number of halogens is 2. The summed E-state index contributed by atoms with van der Waals surface area (Å²) in [7, 11) is 0. The van der Waals surface area contributed by atoms with Gasteiger partial charge in [-0.3, -0.25) is 0 Å². The van der Waals surface area contributed by atoms with Crippen LogP contribution in [-0.2, 0) is 17.4 Å². The van der Waals surface area contributed by atoms with Crippen molar-refractivity contribution in [3.8, 4) is 44.5 Å². The molecule has 2 unspecified atom stereocenters. The van der Waals surface area contributed by atoms with Gasteiger partial charge >= 0.3 is 418 Å². The third kappa shape index (κ3) is 7.78. The molecule has 0 heterocycles. The van der Waals surface area contributed by atoms with Gasteiger partial charge in [-0.25, -0.2) is 0 Å². The molecule has 4 aliphatic carbocycles. The summed E-state index contributed by atoms with van der Waals surface area (Å²) in [6, 6.07) is 74.4. The molecule has 72 heavy (non-hydrogen) atoms. The number of allylic oxidation sites excluding steroid dienone is 2. The predicted molar refractivity (Wildman–Crippen MR) is 316 cm³/mol. The van der Waals surface area contributed by atoms with E-state index in [1.165, 1.54) is 137 Å². The summed E-state index contributed by atoms with van der Waals surface area (Å²) < 4.78 is 6.57. The zero-order valence-corrected chi connectivity index (χ0v) is 46.7. The average Bonchev–Trinajstić information content (AvgIpc) is 4.31. The Hall–Kier alpha value is -5.60. The molecule has 4 heteroatoms. The van der Waals surface area contributed by atoms with Crippen LogP contribution in [0.1, 0.15) is 68.0 Å². The maximum absolute atomic E-state index is 4.39. The average molecular weight is 1070 g/mol. The van der Waals surface area contributed by atoms with Crippen LogP contribution in [0.25, 0.3) is 99.7 Å². The molecule has 0 aromatic heterocycles. The summed E-state index contributed by atoms with van der Waals surface area (Å²) in [5.74, 6) is 1.53. The van der Waals surface area contributed by atoms with Crippen LogP contribution in [-0.4, -0.2) is 6.88 Å². The summed E-state index contributed by atoms with van der Waals surface area (Å²) >= 11 is -4.39. The Kier molecular flexibility index (Phi) is 11.9. The van der Waals surface area contributed by atoms with Gasteiger partial charge in [0.2, 0.25) is 0 Å². The minimum absolute atomic E-state index is 0. The van der Waals surface area contributed by atoms with Gasteiger partial charge < -0.3 is 0 Å². The van der Waals surface area contributed by atoms with Gasteiger partial charge in [0, 0.05) is 0 Å². The first-order chi connectivity index (χ1) is 34.3. The first-order valence-electron chi connectivity index (χ1n) is 26.0. The first kappa shape index (κ1) is 47.4. The van der Waals surface area contributed by atoms with E-state index >= 15 is 0 Å². The maximum atomic E-state index is 2.93. The molecule has 10 aromatic carbocycles. The summed E-state index contributed by atoms with van der Waals surface area (Å²) in [6.45, 7) is 2.57. The number of hydrogen-bond donors (Lipinski definition) is 0. The third-order valence-corrected chi connectivity index (χ3v) is 34.6. The Morgan fingerprint density at radius 2 is 0.625 bits per heavy atom. The van der Waals surface area contributed by atoms with Crippen molar-refractivity contribution in [2.24, 2.45) is 11.8 Å². The third-order valence-electron chi connectivity index (χ3n) is 17.2. The molecule has 2 atom stereocenters. The molecule has 2 saturated carbocycles. The van der Waals surface area contributed by atoms with Crippen molar-refractivity contribution >= 4 is 86.9 Å². The summed E-state index contributed by atoms with van der Waals surface area (Å²) in [6.07, 6.45) is 13.3. The number of hydrogen-bond acceptors (Lipinski definition) is 0. The van der Waals surface area contributed by atoms with Crippen LogP contribution < -0.4 is 0 Å². The first-order valence-corrected chi connectivity index (χ1v) is 39.7. The van der Waals surface area contributed by atoms with Crippen LogP contribution in [0.3, 0.4) is 0 Å². The summed E-state index contributed by atoms with van der Waals surface area (Å²) in [5, 5.41) is 10.6. The van der Waals surface area contributed by atoms with E-state index in [1.807, 2.05) is 0 Å². The molecular weight excluding hydrogens is 1010 g/mol. The predicted octanol–water partition coefficient (Wildman–Crippen LogP) is 19.3. The van der Waals surface area contributed by atoms with Crippen molar-refractivity contribution in [1.29, 1.82) is 0 Å². The molecule has 0 radical (unpaired) electrons. The molecule has 4 aliphatic rings. The molecular formula is C68H60Cl2SiZr. The van der Waals surface area contributed by atoms with Gasteiger partial charge in [0.25, 0.3) is 0 Å². The second-order valence-electron chi connectivity index (χ2n) is 22.6. The molecule has 10 aromatic rings. The molecule has 0 nitrogen and oxygen atoms in total. The van der Waals surface area contributed by atoms with E-state index in [1.54, 1.807) is 22.3 Å². The van der Waals surface area contributed by atoms with Gasteiger partial charge in [-0.1, -0.05) is 0 Å². The standard InChI is InChI=1S/2C33H25.2CH3.2ClH.H2Si.Zr/c2*1-3-11-26-24(7-1)9-5-13-28(26)30-17-18-31(29-14-6-10-25-8-2-4-12-27(25)29)33-21-23(20-32(30)33)19-22-15-16-22;;;;;;/h2*1-14,17-18,20-22H,15-16,19H2;2*1H3;2*1H;1H2;. The van der Waals surface area contributed by atoms with E-state index < -0.39 is 17.4 Å². The van der Waals surface area contributed by atoms with E-state index in [-0.39, 0.29) is 24.8 Å². The van der Waals surface area contributed by atoms with Crippen molar-refractivity contribution in [3.63, 3.8) is 0 Å². The van der Waals surface area contributed by atoms with E-state index in [9.17, 15) is 0 Å². The van der Waals surface area contributed by atoms with Crippen LogP contribution in [0.15, 0.2) is 205 Å². The van der Waals surface area contributed by atoms with Gasteiger partial charge in [-0.15, -0.1) is 24.8 Å². The molecule has 0 amide bonds. The number of fused-ring (bicyclic) bond motifs is 6. The van der Waals surface area contributed by atoms with Gasteiger partial charge in [0.05, 0.1) is 0 Å². The normalized spacial score (nSPS) is 17.3. The van der Waals surface area contributed by atoms with E-state index in [0.29, 0.717) is 7.25 Å². The minimum atomic E-state index is -4.39. The van der Waals surface area contributed by atoms with Crippen LogP contribution in [0.2, 0.25) is 9.26 Å². The van der Waals surface area contributed by atoms with Crippen molar-refractivity contribution in [2.45, 2.75) is 55.0 Å². The molecule has 14 rings (SSSR count). The monoisotopic (exact) mass is 1060 g/mol. The molecule has 0 bridgehead atoms. The molecule has 0 aliphatic heterocycles. The van der Waals surface area contributed by atoms with Gasteiger partial charge in [0.15, 0.2) is 0 Å². The fourth-order valence-electron chi connectivity index (χ4n) is 13.9. The van der Waals surface area contributed by atoms with E-state index in [0.717, 1.165) is 11.8 Å². The van der Waals surface area contributed by atoms with Crippen molar-refractivity contribution in [1.82, 2.24) is 0 Å². The molecule has 2 fully saturated rings. The quantitative estimate of drug-likeness (QED) is 0.120. The topological polar surface area (TPSA) is 0 Å². The SMILES string of the molecule is Cl.Cl.[CH3][Zr]([CH3])(=[SiH2])([CH]1C(CC2CC2)=Cc2c(-c3cccc4ccccc34)ccc(-c3cccc4ccccc34)c21)[CH]1C(CC2CC2)=Cc2c(-c3cccc4ccccc34)ccc(-c3cccc4ccccc34)c21. The summed E-state index contributed by atoms with van der Waals surface area (Å²) in [5.41, 5.74) is 20.7. The summed E-state index contributed by atoms with van der Waals surface area (Å²) in [4.78, 5) is 0. The van der Waals surface area contributed by atoms with Crippen molar-refractivity contribution < 1.29 is 17.4 Å². The number of benzene rings is 10. The van der Waals surface area contributed by atoms with Gasteiger partial charge in [-0.2, -0.15) is 0 Å². The Balaban J connectivity index is 0.00000265. The zero-order chi connectivity index (χ0) is 46.7. The Bertz CT molecular complexity index is 3700. The van der Waals surface area contributed by atoms with Crippen LogP contribution in [0.5, 0.6) is 0 Å². The fourth-order valence-corrected chi connectivity index (χ4v) is 33.4. The Morgan fingerprint density at radius 1 is 0.347 bits per heavy atom. The molecule has 354 valence electrons. The second kappa shape index (κ2) is 18.1. The van der Waals surface area contributed by atoms with Crippen molar-refractivity contribution in [3.05, 3.63) is 228 Å². The molecule has 0 spiro atoms. The van der Waals surface area contributed by atoms with Gasteiger partial charge in [0.1, 0.15) is 0 Å². The van der Waals surface area contributed by atoms with Crippen molar-refractivity contribution in [2.75, 3.05) is 0 Å².